The maximum Gasteiger partial charge on any atom is 0.407 e. The minimum atomic E-state index is -0.823. The molecule has 3 amide bonds. The number of hydrogen-bond donors (Lipinski definition) is 3. The van der Waals surface area contributed by atoms with E-state index >= 15 is 0 Å². The Bertz CT molecular complexity index is 1700. The van der Waals surface area contributed by atoms with E-state index in [1.165, 1.54) is 24.8 Å². The number of carbonyl (C=O) groups is 3. The van der Waals surface area contributed by atoms with Gasteiger partial charge in [-0.25, -0.2) is 4.79 Å². The van der Waals surface area contributed by atoms with Gasteiger partial charge in [0, 0.05) is 43.3 Å². The third-order valence-corrected chi connectivity index (χ3v) is 10.7. The summed E-state index contributed by atoms with van der Waals surface area (Å²) in [6, 6.07) is 27.9. The van der Waals surface area contributed by atoms with E-state index in [4.69, 9.17) is 4.74 Å². The second-order valence-corrected chi connectivity index (χ2v) is 14.1. The van der Waals surface area contributed by atoms with Gasteiger partial charge in [0.1, 0.15) is 18.2 Å². The van der Waals surface area contributed by atoms with Gasteiger partial charge in [0.05, 0.1) is 0 Å². The number of piperazine rings is 1. The smallest absolute Gasteiger partial charge is 0.407 e. The number of piperidine rings is 1. The molecule has 2 aliphatic rings. The van der Waals surface area contributed by atoms with Crippen LogP contribution in [0.3, 0.4) is 0 Å². The average molecular weight is 692 g/mol. The largest absolute Gasteiger partial charge is 0.445 e. The van der Waals surface area contributed by atoms with Crippen LogP contribution in [-0.2, 0) is 33.8 Å². The number of aromatic nitrogens is 1. The van der Waals surface area contributed by atoms with Gasteiger partial charge in [0.15, 0.2) is 0 Å². The molecule has 1 unspecified atom stereocenters. The highest BCUT2D eigenvalue weighted by atomic mass is 16.5. The van der Waals surface area contributed by atoms with Crippen LogP contribution in [0.5, 0.6) is 0 Å². The van der Waals surface area contributed by atoms with Crippen molar-refractivity contribution in [3.63, 3.8) is 0 Å². The van der Waals surface area contributed by atoms with Gasteiger partial charge in [-0.3, -0.25) is 9.59 Å². The molecule has 1 spiro atoms. The zero-order valence-corrected chi connectivity index (χ0v) is 29.8. The van der Waals surface area contributed by atoms with Gasteiger partial charge in [-0.15, -0.1) is 0 Å². The Kier molecular flexibility index (Phi) is 12.8. The van der Waals surface area contributed by atoms with Gasteiger partial charge in [-0.2, -0.15) is 0 Å². The monoisotopic (exact) mass is 691 g/mol. The number of amides is 3. The lowest BCUT2D eigenvalue weighted by Gasteiger charge is -2.51. The van der Waals surface area contributed by atoms with Gasteiger partial charge in [0.25, 0.3) is 0 Å². The van der Waals surface area contributed by atoms with Crippen LogP contribution >= 0.6 is 0 Å². The summed E-state index contributed by atoms with van der Waals surface area (Å²) < 4.78 is 5.30. The SMILES string of the molecule is O=C(NCCCCC1NC(=O)C2(CCN(CCCCCCc3ccccc3)CC2)N(CCc2c[nH]c3ccccc23)C1=O)OCc1ccccc1. The van der Waals surface area contributed by atoms with Crippen molar-refractivity contribution in [3.05, 3.63) is 108 Å². The molecular formula is C42H53N5O4. The van der Waals surface area contributed by atoms with E-state index in [9.17, 15) is 14.4 Å². The number of aromatic amines is 1. The van der Waals surface area contributed by atoms with Gasteiger partial charge >= 0.3 is 6.09 Å². The van der Waals surface area contributed by atoms with E-state index < -0.39 is 17.7 Å². The van der Waals surface area contributed by atoms with Crippen molar-refractivity contribution in [3.8, 4) is 0 Å². The summed E-state index contributed by atoms with van der Waals surface area (Å²) in [5.41, 5.74) is 3.75. The van der Waals surface area contributed by atoms with Crippen LogP contribution < -0.4 is 10.6 Å². The number of nitrogens with zero attached hydrogens (tertiary/aromatic N) is 2. The summed E-state index contributed by atoms with van der Waals surface area (Å²) in [4.78, 5) is 48.2. The minimum Gasteiger partial charge on any atom is -0.445 e. The van der Waals surface area contributed by atoms with Gasteiger partial charge in [-0.1, -0.05) is 91.7 Å². The van der Waals surface area contributed by atoms with Crippen molar-refractivity contribution in [1.29, 1.82) is 0 Å². The Hall–Kier alpha value is -4.63. The molecule has 1 atom stereocenters. The summed E-state index contributed by atoms with van der Waals surface area (Å²) in [5, 5.41) is 7.10. The molecule has 2 saturated heterocycles. The van der Waals surface area contributed by atoms with Gasteiger partial charge in [0.2, 0.25) is 11.8 Å². The van der Waals surface area contributed by atoms with Crippen LogP contribution in [0.2, 0.25) is 0 Å². The lowest BCUT2D eigenvalue weighted by atomic mass is 9.81. The number of ether oxygens (including phenoxy) is 1. The summed E-state index contributed by atoms with van der Waals surface area (Å²) in [6.07, 6.45) is 11.4. The quantitative estimate of drug-likeness (QED) is 0.106. The number of benzene rings is 3. The Morgan fingerprint density at radius 3 is 2.27 bits per heavy atom. The first-order valence-electron chi connectivity index (χ1n) is 18.9. The normalized spacial score (nSPS) is 17.5. The average Bonchev–Trinajstić information content (AvgIpc) is 3.58. The Morgan fingerprint density at radius 2 is 1.49 bits per heavy atom. The van der Waals surface area contributed by atoms with E-state index in [-0.39, 0.29) is 18.4 Å². The number of rotatable bonds is 17. The molecule has 0 bridgehead atoms. The Labute approximate surface area is 302 Å². The number of fused-ring (bicyclic) bond motifs is 1. The number of carbonyl (C=O) groups excluding carboxylic acids is 3. The summed E-state index contributed by atoms with van der Waals surface area (Å²) in [6.45, 7) is 3.82. The van der Waals surface area contributed by atoms with E-state index in [0.29, 0.717) is 51.6 Å². The number of aryl methyl sites for hydroxylation is 1. The Balaban J connectivity index is 0.997. The molecule has 9 nitrogen and oxygen atoms in total. The number of H-pyrrole nitrogens is 1. The van der Waals surface area contributed by atoms with Crippen molar-refractivity contribution in [2.75, 3.05) is 32.7 Å². The standard InChI is InChI=1S/C42H53N5O4/c48-39-38(22-12-13-26-43-41(50)51-32-34-18-8-4-9-19-34)45-40(49)42(47(39)28-23-35-31-44-37-21-11-10-20-36(35)37)24-29-46(30-25-42)27-14-2-1-5-15-33-16-6-3-7-17-33/h3-4,6-11,16-21,31,38,44H,1-2,5,12-15,22-30,32H2,(H,43,50)(H,45,49). The summed E-state index contributed by atoms with van der Waals surface area (Å²) in [5.74, 6) is -0.00857. The molecule has 2 fully saturated rings. The predicted octanol–water partition coefficient (Wildman–Crippen LogP) is 6.77. The van der Waals surface area contributed by atoms with Gasteiger partial charge in [-0.05, 0) is 87.1 Å². The number of nitrogens with one attached hydrogen (secondary N) is 3. The molecule has 6 rings (SSSR count). The van der Waals surface area contributed by atoms with Crippen LogP contribution in [0.15, 0.2) is 91.1 Å². The fourth-order valence-corrected chi connectivity index (χ4v) is 7.71. The predicted molar refractivity (Wildman–Crippen MR) is 201 cm³/mol. The molecule has 1 aromatic heterocycles. The number of unbranched alkanes of at least 4 members (excludes halogenated alkanes) is 4. The van der Waals surface area contributed by atoms with Crippen LogP contribution in [0.1, 0.15) is 74.5 Å². The van der Waals surface area contributed by atoms with Crippen molar-refractivity contribution in [2.24, 2.45) is 0 Å². The molecule has 0 aliphatic carbocycles. The molecule has 51 heavy (non-hydrogen) atoms. The first kappa shape index (κ1) is 36.2. The molecule has 9 heteroatoms. The third-order valence-electron chi connectivity index (χ3n) is 10.7. The van der Waals surface area contributed by atoms with Crippen LogP contribution in [0, 0.1) is 0 Å². The van der Waals surface area contributed by atoms with Crippen molar-refractivity contribution in [1.82, 2.24) is 25.4 Å². The molecular weight excluding hydrogens is 638 g/mol. The maximum atomic E-state index is 14.2. The molecule has 0 radical (unpaired) electrons. The zero-order valence-electron chi connectivity index (χ0n) is 29.8. The van der Waals surface area contributed by atoms with E-state index in [1.807, 2.05) is 53.6 Å². The number of para-hydroxylation sites is 1. The first-order chi connectivity index (χ1) is 25.0. The number of alkyl carbamates (subject to hydrolysis) is 1. The topological polar surface area (TPSA) is 107 Å². The lowest BCUT2D eigenvalue weighted by molar-refractivity contribution is -0.161. The first-order valence-corrected chi connectivity index (χ1v) is 18.9. The summed E-state index contributed by atoms with van der Waals surface area (Å²) >= 11 is 0. The highest BCUT2D eigenvalue weighted by Crippen LogP contribution is 2.34. The molecule has 3 N–H and O–H groups in total. The molecule has 270 valence electrons. The summed E-state index contributed by atoms with van der Waals surface area (Å²) in [7, 11) is 0. The fourth-order valence-electron chi connectivity index (χ4n) is 7.71. The fraction of sp³-hybridized carbons (Fsp3) is 0.452. The minimum absolute atomic E-state index is 0.0107. The van der Waals surface area contributed by atoms with Crippen molar-refractivity contribution in [2.45, 2.75) is 88.8 Å². The Morgan fingerprint density at radius 1 is 0.784 bits per heavy atom. The molecule has 4 aromatic rings. The van der Waals surface area contributed by atoms with Crippen LogP contribution in [0.25, 0.3) is 10.9 Å². The maximum absolute atomic E-state index is 14.2. The molecule has 3 heterocycles. The van der Waals surface area contributed by atoms with Crippen LogP contribution in [-0.4, -0.2) is 77.0 Å². The van der Waals surface area contributed by atoms with Crippen molar-refractivity contribution < 1.29 is 19.1 Å². The molecule has 0 saturated carbocycles. The molecule has 2 aliphatic heterocycles. The van der Waals surface area contributed by atoms with E-state index in [0.717, 1.165) is 54.5 Å². The second kappa shape index (κ2) is 18.0. The lowest BCUT2D eigenvalue weighted by Crippen LogP contribution is -2.73. The molecule has 3 aromatic carbocycles. The van der Waals surface area contributed by atoms with Crippen molar-refractivity contribution >= 4 is 28.8 Å². The number of likely N-dealkylation sites (tertiary alicyclic amines) is 1. The number of hydrogen-bond acceptors (Lipinski definition) is 5. The second-order valence-electron chi connectivity index (χ2n) is 14.1. The highest BCUT2D eigenvalue weighted by molar-refractivity contribution is 6.00. The van der Waals surface area contributed by atoms with Crippen LogP contribution in [0.4, 0.5) is 4.79 Å². The van der Waals surface area contributed by atoms with Gasteiger partial charge < -0.3 is 30.2 Å². The zero-order chi connectivity index (χ0) is 35.3. The van der Waals surface area contributed by atoms with E-state index in [2.05, 4.69) is 63.0 Å². The highest BCUT2D eigenvalue weighted by Gasteiger charge is 2.53. The van der Waals surface area contributed by atoms with E-state index in [1.54, 1.807) is 0 Å². The third kappa shape index (κ3) is 9.58.